The van der Waals surface area contributed by atoms with Crippen LogP contribution in [0.25, 0.3) is 0 Å². The number of carbonyl (C=O) groups excluding carboxylic acids is 1. The number of morpholine rings is 1. The maximum absolute atomic E-state index is 12.7. The fourth-order valence-electron chi connectivity index (χ4n) is 3.19. The summed E-state index contributed by atoms with van der Waals surface area (Å²) in [6, 6.07) is 18.4. The largest absolute Gasteiger partial charge is 0.374 e. The SMILES string of the molecule is CCCc1ccc(C(=O)N2CCO[C@@H](Cc3ccccc3)C2)cc1. The van der Waals surface area contributed by atoms with Crippen LogP contribution in [-0.4, -0.2) is 36.6 Å². The molecule has 0 aromatic heterocycles. The Morgan fingerprint density at radius 1 is 1.08 bits per heavy atom. The van der Waals surface area contributed by atoms with E-state index >= 15 is 0 Å². The Morgan fingerprint density at radius 2 is 1.83 bits per heavy atom. The first kappa shape index (κ1) is 16.7. The van der Waals surface area contributed by atoms with Crippen molar-refractivity contribution in [1.29, 1.82) is 0 Å². The maximum Gasteiger partial charge on any atom is 0.254 e. The van der Waals surface area contributed by atoms with Gasteiger partial charge in [-0.3, -0.25) is 4.79 Å². The number of amides is 1. The molecule has 2 aromatic rings. The van der Waals surface area contributed by atoms with E-state index in [4.69, 9.17) is 4.74 Å². The third-order valence-electron chi connectivity index (χ3n) is 4.47. The minimum Gasteiger partial charge on any atom is -0.374 e. The second-order valence-corrected chi connectivity index (χ2v) is 6.38. The molecule has 2 aromatic carbocycles. The molecule has 0 unspecified atom stereocenters. The second kappa shape index (κ2) is 8.11. The molecule has 3 heteroatoms. The van der Waals surface area contributed by atoms with Crippen LogP contribution >= 0.6 is 0 Å². The monoisotopic (exact) mass is 323 g/mol. The van der Waals surface area contributed by atoms with E-state index in [-0.39, 0.29) is 12.0 Å². The molecule has 1 atom stereocenters. The highest BCUT2D eigenvalue weighted by Crippen LogP contribution is 2.15. The average Bonchev–Trinajstić information content (AvgIpc) is 2.63. The van der Waals surface area contributed by atoms with Crippen molar-refractivity contribution >= 4 is 5.91 Å². The van der Waals surface area contributed by atoms with Crippen LogP contribution in [0, 0.1) is 0 Å². The van der Waals surface area contributed by atoms with Crippen LogP contribution in [0.15, 0.2) is 54.6 Å². The smallest absolute Gasteiger partial charge is 0.254 e. The molecule has 3 nitrogen and oxygen atoms in total. The molecule has 126 valence electrons. The van der Waals surface area contributed by atoms with E-state index in [0.29, 0.717) is 19.7 Å². The van der Waals surface area contributed by atoms with Gasteiger partial charge in [0.1, 0.15) is 0 Å². The molecule has 0 bridgehead atoms. The molecule has 24 heavy (non-hydrogen) atoms. The van der Waals surface area contributed by atoms with Gasteiger partial charge in [0.05, 0.1) is 12.7 Å². The molecular weight excluding hydrogens is 298 g/mol. The molecule has 0 saturated carbocycles. The van der Waals surface area contributed by atoms with Crippen LogP contribution in [0.2, 0.25) is 0 Å². The topological polar surface area (TPSA) is 29.5 Å². The first-order valence-electron chi connectivity index (χ1n) is 8.80. The molecule has 0 N–H and O–H groups in total. The summed E-state index contributed by atoms with van der Waals surface area (Å²) in [6.45, 7) is 4.10. The zero-order valence-electron chi connectivity index (χ0n) is 14.3. The summed E-state index contributed by atoms with van der Waals surface area (Å²) in [7, 11) is 0. The van der Waals surface area contributed by atoms with Gasteiger partial charge in [-0.15, -0.1) is 0 Å². The van der Waals surface area contributed by atoms with Gasteiger partial charge in [0.15, 0.2) is 0 Å². The lowest BCUT2D eigenvalue weighted by Crippen LogP contribution is -2.46. The predicted molar refractivity (Wildman–Crippen MR) is 96.2 cm³/mol. The van der Waals surface area contributed by atoms with Crippen molar-refractivity contribution in [3.05, 3.63) is 71.3 Å². The normalized spacial score (nSPS) is 17.7. The molecule has 1 amide bonds. The number of rotatable bonds is 5. The second-order valence-electron chi connectivity index (χ2n) is 6.38. The van der Waals surface area contributed by atoms with Crippen LogP contribution in [0.3, 0.4) is 0 Å². The predicted octanol–water partition coefficient (Wildman–Crippen LogP) is 3.72. The van der Waals surface area contributed by atoms with E-state index in [2.05, 4.69) is 31.2 Å². The Balaban J connectivity index is 1.62. The molecule has 0 aliphatic carbocycles. The van der Waals surface area contributed by atoms with Gasteiger partial charge in [-0.2, -0.15) is 0 Å². The summed E-state index contributed by atoms with van der Waals surface area (Å²) >= 11 is 0. The molecule has 1 aliphatic rings. The summed E-state index contributed by atoms with van der Waals surface area (Å²) in [5.41, 5.74) is 3.31. The lowest BCUT2D eigenvalue weighted by molar-refractivity contribution is -0.0208. The van der Waals surface area contributed by atoms with Gasteiger partial charge in [0, 0.05) is 25.1 Å². The van der Waals surface area contributed by atoms with Crippen molar-refractivity contribution in [3.8, 4) is 0 Å². The van der Waals surface area contributed by atoms with E-state index in [1.165, 1.54) is 11.1 Å². The first-order chi connectivity index (χ1) is 11.8. The Kier molecular flexibility index (Phi) is 5.65. The van der Waals surface area contributed by atoms with Gasteiger partial charge >= 0.3 is 0 Å². The van der Waals surface area contributed by atoms with Gasteiger partial charge in [0.25, 0.3) is 5.91 Å². The Morgan fingerprint density at radius 3 is 2.54 bits per heavy atom. The van der Waals surface area contributed by atoms with Crippen LogP contribution in [0.4, 0.5) is 0 Å². The number of nitrogens with zero attached hydrogens (tertiary/aromatic N) is 1. The van der Waals surface area contributed by atoms with E-state index in [1.807, 2.05) is 35.2 Å². The fourth-order valence-corrected chi connectivity index (χ4v) is 3.19. The van der Waals surface area contributed by atoms with Gasteiger partial charge in [-0.25, -0.2) is 0 Å². The van der Waals surface area contributed by atoms with Crippen LogP contribution in [0.5, 0.6) is 0 Å². The summed E-state index contributed by atoms with van der Waals surface area (Å²) in [5.74, 6) is 0.111. The minimum atomic E-state index is 0.0736. The zero-order chi connectivity index (χ0) is 16.8. The van der Waals surface area contributed by atoms with E-state index in [9.17, 15) is 4.79 Å². The Labute approximate surface area is 144 Å². The maximum atomic E-state index is 12.7. The Hall–Kier alpha value is -2.13. The first-order valence-corrected chi connectivity index (χ1v) is 8.80. The number of hydrogen-bond acceptors (Lipinski definition) is 2. The van der Waals surface area contributed by atoms with Crippen LogP contribution in [-0.2, 0) is 17.6 Å². The lowest BCUT2D eigenvalue weighted by atomic mass is 10.0. The lowest BCUT2D eigenvalue weighted by Gasteiger charge is -2.33. The zero-order valence-corrected chi connectivity index (χ0v) is 14.3. The van der Waals surface area contributed by atoms with Crippen LogP contribution < -0.4 is 0 Å². The molecule has 1 saturated heterocycles. The van der Waals surface area contributed by atoms with Gasteiger partial charge < -0.3 is 9.64 Å². The fraction of sp³-hybridized carbons (Fsp3) is 0.381. The van der Waals surface area contributed by atoms with Gasteiger partial charge in [-0.05, 0) is 29.7 Å². The summed E-state index contributed by atoms with van der Waals surface area (Å²) in [6.07, 6.45) is 3.10. The number of hydrogen-bond donors (Lipinski definition) is 0. The van der Waals surface area contributed by atoms with Crippen molar-refractivity contribution in [2.45, 2.75) is 32.3 Å². The summed E-state index contributed by atoms with van der Waals surface area (Å²) in [5, 5.41) is 0. The number of ether oxygens (including phenoxy) is 1. The highest BCUT2D eigenvalue weighted by atomic mass is 16.5. The number of aryl methyl sites for hydroxylation is 1. The standard InChI is InChI=1S/C21H25NO2/c1-2-6-17-9-11-19(12-10-17)21(23)22-13-14-24-20(16-22)15-18-7-4-3-5-8-18/h3-5,7-12,20H,2,6,13-16H2,1H3/t20-/m0/s1. The minimum absolute atomic E-state index is 0.0736. The van der Waals surface area contributed by atoms with E-state index < -0.39 is 0 Å². The van der Waals surface area contributed by atoms with Crippen molar-refractivity contribution in [2.75, 3.05) is 19.7 Å². The Bertz CT molecular complexity index is 651. The van der Waals surface area contributed by atoms with Crippen molar-refractivity contribution in [3.63, 3.8) is 0 Å². The highest BCUT2D eigenvalue weighted by Gasteiger charge is 2.25. The molecule has 1 fully saturated rings. The quantitative estimate of drug-likeness (QED) is 0.839. The van der Waals surface area contributed by atoms with Gasteiger partial charge in [0.2, 0.25) is 0 Å². The third-order valence-corrected chi connectivity index (χ3v) is 4.47. The van der Waals surface area contributed by atoms with E-state index in [1.54, 1.807) is 0 Å². The third kappa shape index (κ3) is 4.24. The van der Waals surface area contributed by atoms with Crippen LogP contribution in [0.1, 0.15) is 34.8 Å². The molecular formula is C21H25NO2. The highest BCUT2D eigenvalue weighted by molar-refractivity contribution is 5.94. The van der Waals surface area contributed by atoms with Crippen molar-refractivity contribution in [2.24, 2.45) is 0 Å². The average molecular weight is 323 g/mol. The number of benzene rings is 2. The van der Waals surface area contributed by atoms with Crippen molar-refractivity contribution in [1.82, 2.24) is 4.90 Å². The molecule has 0 spiro atoms. The van der Waals surface area contributed by atoms with Crippen molar-refractivity contribution < 1.29 is 9.53 Å². The van der Waals surface area contributed by atoms with E-state index in [0.717, 1.165) is 24.8 Å². The molecule has 3 rings (SSSR count). The summed E-state index contributed by atoms with van der Waals surface area (Å²) < 4.78 is 5.86. The number of carbonyl (C=O) groups is 1. The molecule has 0 radical (unpaired) electrons. The molecule has 1 aliphatic heterocycles. The van der Waals surface area contributed by atoms with Gasteiger partial charge in [-0.1, -0.05) is 55.8 Å². The molecule has 1 heterocycles. The summed E-state index contributed by atoms with van der Waals surface area (Å²) in [4.78, 5) is 14.7.